The van der Waals surface area contributed by atoms with Crippen molar-refractivity contribution in [3.63, 3.8) is 0 Å². The number of fused-ring (bicyclic) bond motifs is 2. The second kappa shape index (κ2) is 13.1. The van der Waals surface area contributed by atoms with E-state index in [9.17, 15) is 0 Å². The van der Waals surface area contributed by atoms with Gasteiger partial charge in [-0.1, -0.05) is 101 Å². The second-order valence-electron chi connectivity index (χ2n) is 13.1. The van der Waals surface area contributed by atoms with Crippen LogP contribution in [0.3, 0.4) is 0 Å². The number of ether oxygens (including phenoxy) is 1. The maximum Gasteiger partial charge on any atom is 0.122 e. The molecule has 2 aromatic heterocycles. The van der Waals surface area contributed by atoms with Crippen LogP contribution in [-0.4, -0.2) is 9.97 Å². The van der Waals surface area contributed by atoms with Gasteiger partial charge in [0.25, 0.3) is 0 Å². The van der Waals surface area contributed by atoms with Gasteiger partial charge in [-0.15, -0.1) is 54.1 Å². The predicted octanol–water partition coefficient (Wildman–Crippen LogP) is 10.9. The summed E-state index contributed by atoms with van der Waals surface area (Å²) >= 11 is 0. The van der Waals surface area contributed by atoms with Crippen molar-refractivity contribution in [1.82, 2.24) is 9.97 Å². The summed E-state index contributed by atoms with van der Waals surface area (Å²) in [6.45, 7) is 12.3. The Bertz CT molecular complexity index is 2010. The molecule has 0 amide bonds. The molecule has 6 aromatic rings. The Hall–Kier alpha value is -4.11. The van der Waals surface area contributed by atoms with Gasteiger partial charge in [0.15, 0.2) is 0 Å². The largest absolute Gasteiger partial charge is 0.501 e. The summed E-state index contributed by atoms with van der Waals surface area (Å²) in [5.41, 5.74) is 7.29. The molecule has 4 heteroatoms. The van der Waals surface area contributed by atoms with Crippen LogP contribution in [-0.2, 0) is 31.9 Å². The zero-order valence-corrected chi connectivity index (χ0v) is 28.9. The van der Waals surface area contributed by atoms with E-state index in [0.717, 1.165) is 39.6 Å². The van der Waals surface area contributed by atoms with Crippen LogP contribution in [0.2, 0.25) is 0 Å². The fourth-order valence-corrected chi connectivity index (χ4v) is 5.37. The van der Waals surface area contributed by atoms with Crippen LogP contribution in [0, 0.1) is 17.5 Å². The fourth-order valence-electron chi connectivity index (χ4n) is 5.37. The number of nitrogens with zero attached hydrogens (tertiary/aromatic N) is 2. The molecule has 229 valence electrons. The van der Waals surface area contributed by atoms with E-state index < -0.39 is 11.8 Å². The number of hydrogen-bond acceptors (Lipinski definition) is 3. The molecule has 0 saturated heterocycles. The van der Waals surface area contributed by atoms with Crippen molar-refractivity contribution in [2.24, 2.45) is 5.41 Å². The van der Waals surface area contributed by atoms with Gasteiger partial charge in [0.05, 0.1) is 5.75 Å². The van der Waals surface area contributed by atoms with Crippen LogP contribution in [0.4, 0.5) is 0 Å². The van der Waals surface area contributed by atoms with Gasteiger partial charge in [-0.2, -0.15) is 0 Å². The first-order valence-corrected chi connectivity index (χ1v) is 15.0. The van der Waals surface area contributed by atoms with Gasteiger partial charge in [0, 0.05) is 40.6 Å². The Kier molecular flexibility index (Phi) is 8.61. The first-order chi connectivity index (χ1) is 21.8. The van der Waals surface area contributed by atoms with E-state index in [4.69, 9.17) is 7.48 Å². The first-order valence-electron chi connectivity index (χ1n) is 16.0. The molecule has 0 aliphatic carbocycles. The summed E-state index contributed by atoms with van der Waals surface area (Å²) in [5, 5.41) is 2.36. The number of benzene rings is 4. The Balaban J connectivity index is 0.000000192. The molecule has 0 saturated carbocycles. The minimum absolute atomic E-state index is 0. The molecule has 0 spiro atoms. The van der Waals surface area contributed by atoms with Gasteiger partial charge in [0.1, 0.15) is 5.75 Å². The summed E-state index contributed by atoms with van der Waals surface area (Å²) in [5.74, 6) is 1.73. The van der Waals surface area contributed by atoms with E-state index in [0.29, 0.717) is 5.56 Å². The third kappa shape index (κ3) is 7.25. The van der Waals surface area contributed by atoms with E-state index in [2.05, 4.69) is 85.3 Å². The summed E-state index contributed by atoms with van der Waals surface area (Å²) in [4.78, 5) is 8.98. The van der Waals surface area contributed by atoms with E-state index >= 15 is 0 Å². The Morgan fingerprint density at radius 1 is 0.756 bits per heavy atom. The standard InChI is InChI=1S/C25H20NO.C16H18N.Ir/c1-25(2,3)17-13-14-26-21(15-17)20-11-6-10-19-18-9-4-7-16-8-5-12-22(23(16)18)27-24(19)20;1-16(2,3)11-13-9-10-15(17-12-13)14-7-5-4-6-8-14;/h4-10,12-15H,1-3H3;4-7,9-10,12H,11H2,1-3H3;/q2*-1;/i;11D2;. The van der Waals surface area contributed by atoms with Crippen molar-refractivity contribution >= 4 is 10.8 Å². The minimum atomic E-state index is -1.40. The van der Waals surface area contributed by atoms with Gasteiger partial charge in [0.2, 0.25) is 0 Å². The molecule has 0 atom stereocenters. The average Bonchev–Trinajstić information content (AvgIpc) is 3.05. The molecule has 0 bridgehead atoms. The maximum atomic E-state index is 8.21. The predicted molar refractivity (Wildman–Crippen MR) is 182 cm³/mol. The fraction of sp³-hybridized carbons (Fsp3) is 0.220. The van der Waals surface area contributed by atoms with E-state index in [-0.39, 0.29) is 25.5 Å². The van der Waals surface area contributed by atoms with Gasteiger partial charge in [-0.05, 0) is 62.8 Å². The molecule has 45 heavy (non-hydrogen) atoms. The molecule has 1 radical (unpaired) electrons. The topological polar surface area (TPSA) is 35.0 Å². The van der Waals surface area contributed by atoms with Crippen molar-refractivity contribution in [1.29, 1.82) is 0 Å². The van der Waals surface area contributed by atoms with Crippen molar-refractivity contribution in [2.75, 3.05) is 0 Å². The van der Waals surface area contributed by atoms with Gasteiger partial charge in [-0.3, -0.25) is 0 Å². The van der Waals surface area contributed by atoms with Gasteiger partial charge in [-0.25, -0.2) is 0 Å². The number of rotatable bonds is 3. The molecule has 3 nitrogen and oxygen atoms in total. The van der Waals surface area contributed by atoms with Gasteiger partial charge < -0.3 is 14.7 Å². The van der Waals surface area contributed by atoms with Crippen LogP contribution < -0.4 is 4.74 Å². The normalized spacial score (nSPS) is 12.8. The summed E-state index contributed by atoms with van der Waals surface area (Å²) in [7, 11) is 0. The van der Waals surface area contributed by atoms with Gasteiger partial charge >= 0.3 is 0 Å². The average molecular weight is 769 g/mol. The summed E-state index contributed by atoms with van der Waals surface area (Å²) < 4.78 is 22.8. The van der Waals surface area contributed by atoms with Crippen LogP contribution in [0.25, 0.3) is 44.4 Å². The zero-order valence-electron chi connectivity index (χ0n) is 28.5. The number of hydrogen-bond donors (Lipinski definition) is 0. The van der Waals surface area contributed by atoms with Crippen molar-refractivity contribution in [3.05, 3.63) is 133 Å². The quantitative estimate of drug-likeness (QED) is 0.168. The van der Waals surface area contributed by atoms with E-state index in [1.54, 1.807) is 6.20 Å². The first kappa shape index (κ1) is 29.6. The van der Waals surface area contributed by atoms with E-state index in [1.807, 2.05) is 81.6 Å². The Morgan fingerprint density at radius 3 is 2.24 bits per heavy atom. The van der Waals surface area contributed by atoms with Crippen LogP contribution in [0.5, 0.6) is 11.5 Å². The molecule has 7 rings (SSSR count). The number of pyridine rings is 2. The van der Waals surface area contributed by atoms with Crippen molar-refractivity contribution < 1.29 is 27.6 Å². The van der Waals surface area contributed by atoms with Crippen LogP contribution in [0.15, 0.2) is 109 Å². The molecule has 4 aromatic carbocycles. The van der Waals surface area contributed by atoms with Crippen molar-refractivity contribution in [2.45, 2.75) is 53.3 Å². The number of aromatic nitrogens is 2. The Labute approximate surface area is 283 Å². The van der Waals surface area contributed by atoms with Crippen LogP contribution in [0.1, 0.15) is 55.4 Å². The second-order valence-corrected chi connectivity index (χ2v) is 13.1. The molecule has 1 aliphatic rings. The van der Waals surface area contributed by atoms with Crippen LogP contribution >= 0.6 is 0 Å². The summed E-state index contributed by atoms with van der Waals surface area (Å²) in [6, 6.07) is 38.7. The summed E-state index contributed by atoms with van der Waals surface area (Å²) in [6.07, 6.45) is 2.10. The van der Waals surface area contributed by atoms with Crippen molar-refractivity contribution in [3.8, 4) is 45.1 Å². The third-order valence-electron chi connectivity index (χ3n) is 7.47. The third-order valence-corrected chi connectivity index (χ3v) is 7.47. The Morgan fingerprint density at radius 2 is 1.56 bits per heavy atom. The molecular formula is C41H38IrN2O-2. The molecule has 0 fully saturated rings. The van der Waals surface area contributed by atoms with E-state index in [1.165, 1.54) is 21.9 Å². The zero-order chi connectivity index (χ0) is 32.7. The minimum Gasteiger partial charge on any atom is -0.501 e. The molecule has 3 heterocycles. The molecular weight excluding hydrogens is 729 g/mol. The maximum absolute atomic E-state index is 8.21. The molecule has 0 N–H and O–H groups in total. The smallest absolute Gasteiger partial charge is 0.122 e. The SMILES string of the molecule is CC(C)(C)c1ccnc(-c2[c-]ccc3c2Oc2cccc4cccc-3c24)c1.[2H]C([2H])(c1ccc(-c2[c-]cccc2)nc1)C(C)(C)C.[Ir]. The molecule has 1 aliphatic heterocycles. The monoisotopic (exact) mass is 769 g/mol. The molecule has 0 unspecified atom stereocenters.